The summed E-state index contributed by atoms with van der Waals surface area (Å²) in [5.74, 6) is 1.69. The largest absolute Gasteiger partial charge is 0.330 e. The highest BCUT2D eigenvalue weighted by atomic mass is 15.1. The maximum atomic E-state index is 6.10. The second-order valence-electron chi connectivity index (χ2n) is 4.50. The van der Waals surface area contributed by atoms with E-state index in [1.54, 1.807) is 0 Å². The summed E-state index contributed by atoms with van der Waals surface area (Å²) in [7, 11) is 0. The molecule has 1 aliphatic rings. The number of aryl methyl sites for hydroxylation is 1. The minimum absolute atomic E-state index is 0.198. The first-order valence-corrected chi connectivity index (χ1v) is 5.43. The topological polar surface area (TPSA) is 43.8 Å². The molecule has 0 saturated carbocycles. The van der Waals surface area contributed by atoms with Gasteiger partial charge in [-0.2, -0.15) is 0 Å². The Hall–Kier alpha value is -0.830. The van der Waals surface area contributed by atoms with E-state index in [0.29, 0.717) is 5.92 Å². The highest BCUT2D eigenvalue weighted by molar-refractivity contribution is 5.22. The van der Waals surface area contributed by atoms with Crippen molar-refractivity contribution < 1.29 is 0 Å². The van der Waals surface area contributed by atoms with Crippen LogP contribution in [0, 0.1) is 6.92 Å². The molecule has 3 nitrogen and oxygen atoms in total. The first kappa shape index (κ1) is 9.71. The van der Waals surface area contributed by atoms with Gasteiger partial charge in [0.2, 0.25) is 0 Å². The van der Waals surface area contributed by atoms with Gasteiger partial charge in [0.1, 0.15) is 5.82 Å². The Bertz CT molecular complexity index is 339. The molecule has 0 amide bonds. The van der Waals surface area contributed by atoms with Gasteiger partial charge in [-0.05, 0) is 19.8 Å². The fourth-order valence-corrected chi connectivity index (χ4v) is 2.36. The Kier molecular flexibility index (Phi) is 2.35. The van der Waals surface area contributed by atoms with Gasteiger partial charge in [0.25, 0.3) is 0 Å². The van der Waals surface area contributed by atoms with Crippen molar-refractivity contribution in [3.05, 3.63) is 17.2 Å². The van der Waals surface area contributed by atoms with Crippen LogP contribution in [0.3, 0.4) is 0 Å². The molecule has 0 bridgehead atoms. The highest BCUT2D eigenvalue weighted by Crippen LogP contribution is 2.29. The molecule has 2 heterocycles. The minimum atomic E-state index is 0.198. The van der Waals surface area contributed by atoms with Crippen molar-refractivity contribution in [1.82, 2.24) is 9.55 Å². The van der Waals surface area contributed by atoms with Crippen LogP contribution in [0.15, 0.2) is 0 Å². The zero-order valence-corrected chi connectivity index (χ0v) is 9.25. The van der Waals surface area contributed by atoms with Gasteiger partial charge >= 0.3 is 0 Å². The van der Waals surface area contributed by atoms with Crippen LogP contribution in [0.25, 0.3) is 0 Å². The Morgan fingerprint density at radius 2 is 2.21 bits per heavy atom. The summed E-state index contributed by atoms with van der Waals surface area (Å²) in [4.78, 5) is 4.63. The number of fused-ring (bicyclic) bond motifs is 1. The Morgan fingerprint density at radius 3 is 2.86 bits per heavy atom. The Labute approximate surface area is 85.3 Å². The second-order valence-corrected chi connectivity index (χ2v) is 4.50. The molecule has 0 saturated heterocycles. The number of nitrogens with zero attached hydrogens (tertiary/aromatic N) is 2. The lowest BCUT2D eigenvalue weighted by atomic mass is 10.0. The van der Waals surface area contributed by atoms with Crippen molar-refractivity contribution >= 4 is 0 Å². The molecule has 1 atom stereocenters. The molecule has 0 aliphatic carbocycles. The van der Waals surface area contributed by atoms with Crippen molar-refractivity contribution in [1.29, 1.82) is 0 Å². The standard InChI is InChI=1S/C11H19N3/c1-7(2)11-13-8(3)10-9(12)5-4-6-14(10)11/h7,9H,4-6,12H2,1-3H3. The summed E-state index contributed by atoms with van der Waals surface area (Å²) in [6.07, 6.45) is 2.29. The van der Waals surface area contributed by atoms with Gasteiger partial charge in [-0.25, -0.2) is 4.98 Å². The summed E-state index contributed by atoms with van der Waals surface area (Å²) >= 11 is 0. The maximum Gasteiger partial charge on any atom is 0.111 e. The number of hydrogen-bond donors (Lipinski definition) is 1. The van der Waals surface area contributed by atoms with E-state index >= 15 is 0 Å². The smallest absolute Gasteiger partial charge is 0.111 e. The predicted octanol–water partition coefficient (Wildman–Crippen LogP) is 2.11. The van der Waals surface area contributed by atoms with Crippen LogP contribution >= 0.6 is 0 Å². The molecule has 0 radical (unpaired) electrons. The van der Waals surface area contributed by atoms with Crippen molar-refractivity contribution in [3.63, 3.8) is 0 Å². The van der Waals surface area contributed by atoms with E-state index in [0.717, 1.165) is 18.7 Å². The van der Waals surface area contributed by atoms with Crippen LogP contribution in [0.4, 0.5) is 0 Å². The molecule has 1 aromatic heterocycles. The highest BCUT2D eigenvalue weighted by Gasteiger charge is 2.24. The third-order valence-corrected chi connectivity index (χ3v) is 2.98. The van der Waals surface area contributed by atoms with Gasteiger partial charge in [0, 0.05) is 18.5 Å². The lowest BCUT2D eigenvalue weighted by Gasteiger charge is -2.23. The molecule has 2 rings (SSSR count). The maximum absolute atomic E-state index is 6.10. The molecule has 1 unspecified atom stereocenters. The molecule has 78 valence electrons. The van der Waals surface area contributed by atoms with E-state index in [9.17, 15) is 0 Å². The fourth-order valence-electron chi connectivity index (χ4n) is 2.36. The summed E-state index contributed by atoms with van der Waals surface area (Å²) < 4.78 is 2.33. The van der Waals surface area contributed by atoms with Crippen molar-refractivity contribution in [2.75, 3.05) is 0 Å². The van der Waals surface area contributed by atoms with Gasteiger partial charge in [0.15, 0.2) is 0 Å². The van der Waals surface area contributed by atoms with E-state index < -0.39 is 0 Å². The lowest BCUT2D eigenvalue weighted by molar-refractivity contribution is 0.445. The first-order valence-electron chi connectivity index (χ1n) is 5.43. The van der Waals surface area contributed by atoms with E-state index in [-0.39, 0.29) is 6.04 Å². The van der Waals surface area contributed by atoms with E-state index in [2.05, 4.69) is 30.3 Å². The molecule has 2 N–H and O–H groups in total. The van der Waals surface area contributed by atoms with Crippen molar-refractivity contribution in [2.45, 2.75) is 52.1 Å². The Morgan fingerprint density at radius 1 is 1.50 bits per heavy atom. The van der Waals surface area contributed by atoms with Gasteiger partial charge in [-0.3, -0.25) is 0 Å². The number of hydrogen-bond acceptors (Lipinski definition) is 2. The first-order chi connectivity index (χ1) is 6.61. The Balaban J connectivity index is 2.52. The van der Waals surface area contributed by atoms with Gasteiger partial charge in [-0.15, -0.1) is 0 Å². The molecule has 3 heteroatoms. The molecule has 0 aromatic carbocycles. The zero-order valence-electron chi connectivity index (χ0n) is 9.25. The molecule has 0 fully saturated rings. The summed E-state index contributed by atoms with van der Waals surface area (Å²) in [6.45, 7) is 7.55. The van der Waals surface area contributed by atoms with E-state index in [1.165, 1.54) is 17.9 Å². The molecule has 0 spiro atoms. The summed E-state index contributed by atoms with van der Waals surface area (Å²) in [5.41, 5.74) is 8.49. The van der Waals surface area contributed by atoms with E-state index in [4.69, 9.17) is 5.73 Å². The zero-order chi connectivity index (χ0) is 10.3. The number of aromatic nitrogens is 2. The lowest BCUT2D eigenvalue weighted by Crippen LogP contribution is -2.23. The van der Waals surface area contributed by atoms with E-state index in [1.807, 2.05) is 0 Å². The third kappa shape index (κ3) is 1.36. The average molecular weight is 193 g/mol. The summed E-state index contributed by atoms with van der Waals surface area (Å²) in [6, 6.07) is 0.198. The molecule has 1 aromatic rings. The predicted molar refractivity (Wildman–Crippen MR) is 57.2 cm³/mol. The number of nitrogens with two attached hydrogens (primary N) is 1. The van der Waals surface area contributed by atoms with Gasteiger partial charge in [-0.1, -0.05) is 13.8 Å². The van der Waals surface area contributed by atoms with Crippen LogP contribution in [0.2, 0.25) is 0 Å². The molecular formula is C11H19N3. The molecule has 14 heavy (non-hydrogen) atoms. The molecule has 1 aliphatic heterocycles. The van der Waals surface area contributed by atoms with Crippen LogP contribution in [0.1, 0.15) is 55.9 Å². The second kappa shape index (κ2) is 3.39. The van der Waals surface area contributed by atoms with Crippen molar-refractivity contribution in [3.8, 4) is 0 Å². The van der Waals surface area contributed by atoms with Crippen LogP contribution in [-0.4, -0.2) is 9.55 Å². The fraction of sp³-hybridized carbons (Fsp3) is 0.727. The van der Waals surface area contributed by atoms with Crippen LogP contribution in [0.5, 0.6) is 0 Å². The number of rotatable bonds is 1. The van der Waals surface area contributed by atoms with Crippen LogP contribution in [-0.2, 0) is 6.54 Å². The van der Waals surface area contributed by atoms with Crippen LogP contribution < -0.4 is 5.73 Å². The minimum Gasteiger partial charge on any atom is -0.330 e. The number of imidazole rings is 1. The van der Waals surface area contributed by atoms with Gasteiger partial charge < -0.3 is 10.3 Å². The van der Waals surface area contributed by atoms with Crippen molar-refractivity contribution in [2.24, 2.45) is 5.73 Å². The average Bonchev–Trinajstić information content (AvgIpc) is 2.45. The third-order valence-electron chi connectivity index (χ3n) is 2.98. The monoisotopic (exact) mass is 193 g/mol. The molecular weight excluding hydrogens is 174 g/mol. The summed E-state index contributed by atoms with van der Waals surface area (Å²) in [5, 5.41) is 0. The van der Waals surface area contributed by atoms with Gasteiger partial charge in [0.05, 0.1) is 11.4 Å². The normalized spacial score (nSPS) is 21.4. The SMILES string of the molecule is Cc1nc(C(C)C)n2c1C(N)CCC2. The quantitative estimate of drug-likeness (QED) is 0.742.